The van der Waals surface area contributed by atoms with Crippen LogP contribution in [-0.4, -0.2) is 28.7 Å². The summed E-state index contributed by atoms with van der Waals surface area (Å²) >= 11 is 0. The lowest BCUT2D eigenvalue weighted by molar-refractivity contribution is 0.969. The fraction of sp³-hybridized carbons (Fsp3) is 0.143. The Morgan fingerprint density at radius 1 is 1.11 bits per heavy atom. The summed E-state index contributed by atoms with van der Waals surface area (Å²) in [6.07, 6.45) is 1.94. The Kier molecular flexibility index (Phi) is 2.59. The fourth-order valence-corrected chi connectivity index (χ4v) is 2.03. The lowest BCUT2D eigenvalue weighted by atomic mass is 10.1. The second-order valence-corrected chi connectivity index (χ2v) is 4.64. The molecule has 0 aliphatic rings. The van der Waals surface area contributed by atoms with Gasteiger partial charge in [0.05, 0.1) is 0 Å². The van der Waals surface area contributed by atoms with Gasteiger partial charge in [-0.1, -0.05) is 12.1 Å². The number of hydrogen-bond donors (Lipinski definition) is 1. The monoisotopic (exact) mass is 253 g/mol. The molecule has 0 spiro atoms. The van der Waals surface area contributed by atoms with Gasteiger partial charge in [-0.3, -0.25) is 0 Å². The van der Waals surface area contributed by atoms with E-state index < -0.39 is 0 Å². The number of nitrogens with zero attached hydrogens (tertiary/aromatic N) is 4. The highest BCUT2D eigenvalue weighted by Gasteiger charge is 2.04. The van der Waals surface area contributed by atoms with Crippen molar-refractivity contribution in [2.24, 2.45) is 0 Å². The van der Waals surface area contributed by atoms with Gasteiger partial charge in [0.15, 0.2) is 5.65 Å². The molecule has 5 heteroatoms. The van der Waals surface area contributed by atoms with Crippen molar-refractivity contribution in [1.29, 1.82) is 0 Å². The molecule has 19 heavy (non-hydrogen) atoms. The molecular formula is C14H15N5. The Morgan fingerprint density at radius 2 is 1.95 bits per heavy atom. The van der Waals surface area contributed by atoms with Crippen LogP contribution in [0.2, 0.25) is 0 Å². The summed E-state index contributed by atoms with van der Waals surface area (Å²) in [5, 5.41) is 4.13. The van der Waals surface area contributed by atoms with Gasteiger partial charge in [0, 0.05) is 31.5 Å². The number of benzene rings is 1. The zero-order valence-corrected chi connectivity index (χ0v) is 10.9. The molecule has 0 fully saturated rings. The molecule has 3 rings (SSSR count). The van der Waals surface area contributed by atoms with E-state index in [1.165, 1.54) is 0 Å². The summed E-state index contributed by atoms with van der Waals surface area (Å²) < 4.78 is 1.70. The normalized spacial score (nSPS) is 10.8. The first-order chi connectivity index (χ1) is 9.13. The van der Waals surface area contributed by atoms with Crippen LogP contribution in [0, 0.1) is 0 Å². The summed E-state index contributed by atoms with van der Waals surface area (Å²) in [6, 6.07) is 12.3. The minimum absolute atomic E-state index is 0.291. The standard InChI is InChI=1S/C14H15N5/c1-18(2)12-5-3-4-10(8-12)11-6-7-13-16-14(15)17-19(13)9-11/h3-9H,1-2H3,(H2,15,17). The third-order valence-corrected chi connectivity index (χ3v) is 3.04. The van der Waals surface area contributed by atoms with Crippen LogP contribution in [-0.2, 0) is 0 Å². The molecular weight excluding hydrogens is 238 g/mol. The molecule has 0 saturated heterocycles. The fourth-order valence-electron chi connectivity index (χ4n) is 2.03. The number of fused-ring (bicyclic) bond motifs is 1. The molecule has 0 bridgehead atoms. The second-order valence-electron chi connectivity index (χ2n) is 4.64. The van der Waals surface area contributed by atoms with E-state index in [0.29, 0.717) is 5.95 Å². The highest BCUT2D eigenvalue weighted by Crippen LogP contribution is 2.24. The highest BCUT2D eigenvalue weighted by molar-refractivity contribution is 5.69. The molecule has 0 atom stereocenters. The third kappa shape index (κ3) is 2.10. The molecule has 0 amide bonds. The Labute approximate surface area is 111 Å². The van der Waals surface area contributed by atoms with Crippen molar-refractivity contribution >= 4 is 17.3 Å². The van der Waals surface area contributed by atoms with Gasteiger partial charge >= 0.3 is 0 Å². The van der Waals surface area contributed by atoms with Crippen LogP contribution in [0.3, 0.4) is 0 Å². The molecule has 2 aromatic heterocycles. The first-order valence-corrected chi connectivity index (χ1v) is 6.03. The number of nitrogens with two attached hydrogens (primary N) is 1. The highest BCUT2D eigenvalue weighted by atomic mass is 15.3. The van der Waals surface area contributed by atoms with Crippen LogP contribution in [0.25, 0.3) is 16.8 Å². The minimum atomic E-state index is 0.291. The zero-order valence-electron chi connectivity index (χ0n) is 10.9. The van der Waals surface area contributed by atoms with Gasteiger partial charge in [-0.25, -0.2) is 4.52 Å². The van der Waals surface area contributed by atoms with Crippen LogP contribution in [0.5, 0.6) is 0 Å². The Bertz CT molecular complexity index is 730. The molecule has 0 aliphatic carbocycles. The number of aromatic nitrogens is 3. The topological polar surface area (TPSA) is 59.5 Å². The van der Waals surface area contributed by atoms with Crippen molar-refractivity contribution in [3.05, 3.63) is 42.6 Å². The van der Waals surface area contributed by atoms with Gasteiger partial charge in [0.25, 0.3) is 0 Å². The molecule has 3 aromatic rings. The first-order valence-electron chi connectivity index (χ1n) is 6.03. The summed E-state index contributed by atoms with van der Waals surface area (Å²) in [5.74, 6) is 0.291. The Hall–Kier alpha value is -2.56. The predicted molar refractivity (Wildman–Crippen MR) is 77.2 cm³/mol. The van der Waals surface area contributed by atoms with Gasteiger partial charge in [-0.2, -0.15) is 4.98 Å². The molecule has 96 valence electrons. The molecule has 1 aromatic carbocycles. The minimum Gasteiger partial charge on any atom is -0.378 e. The number of rotatable bonds is 2. The van der Waals surface area contributed by atoms with E-state index in [1.807, 2.05) is 38.5 Å². The van der Waals surface area contributed by atoms with E-state index in [1.54, 1.807) is 4.52 Å². The maximum atomic E-state index is 5.59. The van der Waals surface area contributed by atoms with Crippen LogP contribution >= 0.6 is 0 Å². The molecule has 0 saturated carbocycles. The second kappa shape index (κ2) is 4.28. The van der Waals surface area contributed by atoms with Crippen molar-refractivity contribution in [3.63, 3.8) is 0 Å². The van der Waals surface area contributed by atoms with E-state index in [9.17, 15) is 0 Å². The Balaban J connectivity index is 2.10. The smallest absolute Gasteiger partial charge is 0.240 e. The Morgan fingerprint density at radius 3 is 2.74 bits per heavy atom. The van der Waals surface area contributed by atoms with Gasteiger partial charge < -0.3 is 10.6 Å². The van der Waals surface area contributed by atoms with Gasteiger partial charge in [-0.15, -0.1) is 5.10 Å². The maximum absolute atomic E-state index is 5.59. The van der Waals surface area contributed by atoms with E-state index in [0.717, 1.165) is 22.5 Å². The SMILES string of the molecule is CN(C)c1cccc(-c2ccc3nc(N)nn3c2)c1. The molecule has 0 radical (unpaired) electrons. The van der Waals surface area contributed by atoms with Crippen molar-refractivity contribution in [2.45, 2.75) is 0 Å². The maximum Gasteiger partial charge on any atom is 0.240 e. The average Bonchev–Trinajstić information content (AvgIpc) is 2.77. The van der Waals surface area contributed by atoms with Gasteiger partial charge in [0.1, 0.15) is 0 Å². The van der Waals surface area contributed by atoms with Gasteiger partial charge in [-0.05, 0) is 29.8 Å². The summed E-state index contributed by atoms with van der Waals surface area (Å²) in [4.78, 5) is 6.19. The van der Waals surface area contributed by atoms with Crippen molar-refractivity contribution in [3.8, 4) is 11.1 Å². The predicted octanol–water partition coefficient (Wildman–Crippen LogP) is 2.04. The summed E-state index contributed by atoms with van der Waals surface area (Å²) in [7, 11) is 4.06. The molecule has 2 N–H and O–H groups in total. The van der Waals surface area contributed by atoms with Crippen molar-refractivity contribution in [2.75, 3.05) is 24.7 Å². The van der Waals surface area contributed by atoms with Crippen LogP contribution < -0.4 is 10.6 Å². The van der Waals surface area contributed by atoms with Gasteiger partial charge in [0.2, 0.25) is 5.95 Å². The largest absolute Gasteiger partial charge is 0.378 e. The average molecular weight is 253 g/mol. The van der Waals surface area contributed by atoms with E-state index in [4.69, 9.17) is 5.73 Å². The number of hydrogen-bond acceptors (Lipinski definition) is 4. The number of anilines is 2. The van der Waals surface area contributed by atoms with E-state index >= 15 is 0 Å². The van der Waals surface area contributed by atoms with E-state index in [-0.39, 0.29) is 0 Å². The summed E-state index contributed by atoms with van der Waals surface area (Å²) in [6.45, 7) is 0. The molecule has 0 aliphatic heterocycles. The van der Waals surface area contributed by atoms with Crippen molar-refractivity contribution < 1.29 is 0 Å². The zero-order chi connectivity index (χ0) is 13.4. The van der Waals surface area contributed by atoms with Crippen LogP contribution in [0.1, 0.15) is 0 Å². The number of nitrogen functional groups attached to an aromatic ring is 1. The molecule has 5 nitrogen and oxygen atoms in total. The van der Waals surface area contributed by atoms with Crippen molar-refractivity contribution in [1.82, 2.24) is 14.6 Å². The summed E-state index contributed by atoms with van der Waals surface area (Å²) in [5.41, 5.74) is 9.74. The lowest BCUT2D eigenvalue weighted by Gasteiger charge is -2.13. The van der Waals surface area contributed by atoms with E-state index in [2.05, 4.69) is 33.2 Å². The first kappa shape index (κ1) is 11.5. The quantitative estimate of drug-likeness (QED) is 0.759. The number of pyridine rings is 1. The van der Waals surface area contributed by atoms with Crippen LogP contribution in [0.15, 0.2) is 42.6 Å². The lowest BCUT2D eigenvalue weighted by Crippen LogP contribution is -2.08. The molecule has 0 unspecified atom stereocenters. The van der Waals surface area contributed by atoms with Crippen LogP contribution in [0.4, 0.5) is 11.6 Å². The third-order valence-electron chi connectivity index (χ3n) is 3.04. The molecule has 2 heterocycles.